The Morgan fingerprint density at radius 2 is 0.809 bits per heavy atom. The van der Waals surface area contributed by atoms with Crippen LogP contribution in [0.2, 0.25) is 0 Å². The van der Waals surface area contributed by atoms with Gasteiger partial charge in [-0.15, -0.1) is 0 Å². The van der Waals surface area contributed by atoms with Crippen LogP contribution >= 0.6 is 7.82 Å². The van der Waals surface area contributed by atoms with Crippen molar-refractivity contribution in [1.82, 2.24) is 10.6 Å². The molecule has 1 aliphatic rings. The van der Waals surface area contributed by atoms with Crippen molar-refractivity contribution in [1.29, 1.82) is 0 Å². The molecule has 0 aromatic heterocycles. The second kappa shape index (κ2) is 54.2. The lowest BCUT2D eigenvalue weighted by molar-refractivity contribution is -0.346. The van der Waals surface area contributed by atoms with E-state index < -0.39 is 112 Å². The van der Waals surface area contributed by atoms with Gasteiger partial charge in [-0.1, -0.05) is 234 Å². The largest absolute Gasteiger partial charge is 0.470 e. The van der Waals surface area contributed by atoms with Gasteiger partial charge < -0.3 is 59.1 Å². The summed E-state index contributed by atoms with van der Waals surface area (Å²) >= 11 is 0. The minimum Gasteiger partial charge on any atom is -0.462 e. The van der Waals surface area contributed by atoms with Gasteiger partial charge in [-0.05, 0) is 57.8 Å². The van der Waals surface area contributed by atoms with Gasteiger partial charge in [0.15, 0.2) is 6.10 Å². The number of carbonyl (C=O) groups is 6. The molecular formula is C68H127N2O18P. The summed E-state index contributed by atoms with van der Waals surface area (Å²) in [6.07, 6.45) is 24.4. The third kappa shape index (κ3) is 43.3. The molecule has 0 aromatic rings. The number of phosphoric ester groups is 1. The first kappa shape index (κ1) is 83.8. The van der Waals surface area contributed by atoms with Gasteiger partial charge in [-0.3, -0.25) is 33.3 Å². The second-order valence-electron chi connectivity index (χ2n) is 24.9. The van der Waals surface area contributed by atoms with Crippen molar-refractivity contribution in [2.75, 3.05) is 19.8 Å². The lowest BCUT2D eigenvalue weighted by atomic mass is 9.92. The highest BCUT2D eigenvalue weighted by Crippen LogP contribution is 2.44. The number of hydrogen-bond donors (Lipinski definition) is 6. The number of aliphatic hydroxyl groups is 2. The first-order valence-corrected chi connectivity index (χ1v) is 37.1. The third-order valence-corrected chi connectivity index (χ3v) is 17.0. The minimum atomic E-state index is -5.58. The average Bonchev–Trinajstić information content (AvgIpc) is 0.787. The molecule has 1 fully saturated rings. The summed E-state index contributed by atoms with van der Waals surface area (Å²) in [6.45, 7) is 10.9. The summed E-state index contributed by atoms with van der Waals surface area (Å²) in [5, 5.41) is 29.0. The first-order valence-electron chi connectivity index (χ1n) is 35.6. The molecule has 0 bridgehead atoms. The Hall–Kier alpha value is -3.23. The van der Waals surface area contributed by atoms with E-state index in [2.05, 4.69) is 31.4 Å². The highest BCUT2D eigenvalue weighted by molar-refractivity contribution is 7.46. The monoisotopic (exact) mass is 1290 g/mol. The molecule has 0 spiro atoms. The Bertz CT molecular complexity index is 1880. The van der Waals surface area contributed by atoms with E-state index in [9.17, 15) is 53.3 Å². The number of esters is 4. The quantitative estimate of drug-likeness (QED) is 0.0108. The number of rotatable bonds is 60. The van der Waals surface area contributed by atoms with Gasteiger partial charge in [-0.25, -0.2) is 4.57 Å². The Morgan fingerprint density at radius 3 is 1.17 bits per heavy atom. The molecule has 1 heterocycles. The van der Waals surface area contributed by atoms with Crippen LogP contribution in [0.15, 0.2) is 0 Å². The molecule has 0 aliphatic carbocycles. The van der Waals surface area contributed by atoms with Gasteiger partial charge in [0.1, 0.15) is 30.5 Å². The predicted octanol–water partition coefficient (Wildman–Crippen LogP) is 14.4. The van der Waals surface area contributed by atoms with Crippen molar-refractivity contribution < 1.29 is 86.3 Å². The van der Waals surface area contributed by atoms with Crippen LogP contribution < -0.4 is 10.6 Å². The van der Waals surface area contributed by atoms with Gasteiger partial charge in [0.2, 0.25) is 23.8 Å². The Morgan fingerprint density at radius 1 is 0.472 bits per heavy atom. The van der Waals surface area contributed by atoms with Crippen molar-refractivity contribution in [3.05, 3.63) is 0 Å². The molecule has 1 saturated heterocycles. The molecular weight excluding hydrogens is 1160 g/mol. The molecule has 8 atom stereocenters. The molecule has 2 amide bonds. The number of amides is 2. The van der Waals surface area contributed by atoms with Gasteiger partial charge in [0.25, 0.3) is 0 Å². The van der Waals surface area contributed by atoms with Gasteiger partial charge >= 0.3 is 31.7 Å². The molecule has 6 N–H and O–H groups in total. The zero-order chi connectivity index (χ0) is 65.8. The molecule has 1 rings (SSSR count). The van der Waals surface area contributed by atoms with E-state index in [-0.39, 0.29) is 44.6 Å². The maximum Gasteiger partial charge on any atom is 0.470 e. The van der Waals surface area contributed by atoms with Crippen molar-refractivity contribution in [2.24, 2.45) is 0 Å². The van der Waals surface area contributed by atoms with Crippen LogP contribution in [0, 0.1) is 0 Å². The van der Waals surface area contributed by atoms with Crippen LogP contribution in [0.25, 0.3) is 0 Å². The second-order valence-corrected chi connectivity index (χ2v) is 26.1. The summed E-state index contributed by atoms with van der Waals surface area (Å²) in [6, 6.07) is 0. The number of aliphatic hydroxyl groups excluding tert-OH is 1. The minimum absolute atomic E-state index is 0.111. The van der Waals surface area contributed by atoms with Crippen LogP contribution in [-0.2, 0) is 66.3 Å². The summed E-state index contributed by atoms with van der Waals surface area (Å²) in [5.41, 5.74) is -3.06. The smallest absolute Gasteiger partial charge is 0.462 e. The zero-order valence-corrected chi connectivity index (χ0v) is 57.3. The van der Waals surface area contributed by atoms with Crippen LogP contribution in [-0.4, -0.2) is 124 Å². The van der Waals surface area contributed by atoms with Crippen molar-refractivity contribution in [3.8, 4) is 0 Å². The summed E-state index contributed by atoms with van der Waals surface area (Å²) in [4.78, 5) is 103. The van der Waals surface area contributed by atoms with Gasteiger partial charge in [-0.2, -0.15) is 0 Å². The molecule has 20 nitrogen and oxygen atoms in total. The highest BCUT2D eigenvalue weighted by atomic mass is 31.2. The predicted molar refractivity (Wildman–Crippen MR) is 346 cm³/mol. The third-order valence-electron chi connectivity index (χ3n) is 16.4. The Balaban J connectivity index is 3.68. The standard InChI is InChI=1S/C68H127N2O18P/c1-7-13-19-22-25-28-31-34-40-43-55(83-61(74)46-37-16-10-4)51-59(72)69-49-50-82-67-68(78,70-60(73)52-56(84-62(75)47-38-17-11-5)44-41-35-32-29-26-23-20-14-8-2)66(65(58(54-71)86-67)88-89(79,80)81)87-64(77)53-57(85-63(76)48-39-18-12-6)45-42-36-33-30-27-24-21-15-9-3/h55-58,65-67,71,78H,7-54H2,1-6H3,(H,69,72)(H,70,73)(H2,79,80,81)/t55-,56-,57-,58-,65-,66+,67-,68-/m1/s1. The lowest BCUT2D eigenvalue weighted by Gasteiger charge is -2.50. The van der Waals surface area contributed by atoms with Gasteiger partial charge in [0, 0.05) is 25.8 Å². The number of nitrogens with one attached hydrogen (secondary N) is 2. The fraction of sp³-hybridized carbons (Fsp3) is 0.912. The van der Waals surface area contributed by atoms with E-state index >= 15 is 0 Å². The summed E-state index contributed by atoms with van der Waals surface area (Å²) in [7, 11) is -5.58. The van der Waals surface area contributed by atoms with Crippen molar-refractivity contribution in [3.63, 3.8) is 0 Å². The maximum atomic E-state index is 14.6. The lowest BCUT2D eigenvalue weighted by Crippen LogP contribution is -2.75. The normalized spacial score (nSPS) is 18.6. The SMILES string of the molecule is CCCCCCCCCCC[C@H](CC(=O)NCCO[C@@H]1O[C@H](CO)[C@@H](OP(=O)(O)O)[C@H](OC(=O)C[C@@H](CCCCCCCCCCC)OC(=O)CCCCC)[C@]1(O)NC(=O)C[C@@H](CCCCCCCCCCC)OC(=O)CCCCC)OC(=O)CCCCC. The van der Waals surface area contributed by atoms with E-state index in [4.69, 9.17) is 32.9 Å². The molecule has 522 valence electrons. The molecule has 89 heavy (non-hydrogen) atoms. The number of carbonyl (C=O) groups excluding carboxylic acids is 6. The number of hydrogen-bond acceptors (Lipinski definition) is 16. The van der Waals surface area contributed by atoms with Crippen LogP contribution in [0.4, 0.5) is 0 Å². The number of phosphoric acid groups is 1. The van der Waals surface area contributed by atoms with Gasteiger partial charge in [0.05, 0.1) is 32.5 Å². The highest BCUT2D eigenvalue weighted by Gasteiger charge is 2.61. The van der Waals surface area contributed by atoms with E-state index in [0.717, 1.165) is 148 Å². The first-order chi connectivity index (χ1) is 42.9. The molecule has 21 heteroatoms. The Kier molecular flexibility index (Phi) is 51.0. The fourth-order valence-electron chi connectivity index (χ4n) is 11.2. The van der Waals surface area contributed by atoms with E-state index in [1.165, 1.54) is 51.4 Å². The number of ether oxygens (including phenoxy) is 6. The van der Waals surface area contributed by atoms with Crippen molar-refractivity contribution >= 4 is 43.5 Å². The van der Waals surface area contributed by atoms with E-state index in [0.29, 0.717) is 44.9 Å². The molecule has 0 unspecified atom stereocenters. The van der Waals surface area contributed by atoms with Crippen molar-refractivity contribution in [2.45, 2.75) is 379 Å². The topological polar surface area (TPSA) is 289 Å². The zero-order valence-electron chi connectivity index (χ0n) is 56.4. The van der Waals surface area contributed by atoms with E-state index in [1.807, 2.05) is 20.8 Å². The van der Waals surface area contributed by atoms with Crippen LogP contribution in [0.3, 0.4) is 0 Å². The van der Waals surface area contributed by atoms with Crippen LogP contribution in [0.5, 0.6) is 0 Å². The van der Waals surface area contributed by atoms with Crippen LogP contribution in [0.1, 0.15) is 330 Å². The maximum absolute atomic E-state index is 14.6. The molecule has 0 saturated carbocycles. The molecule has 0 radical (unpaired) electrons. The molecule has 0 aromatic carbocycles. The number of unbranched alkanes of at least 4 members (excludes halogenated alkanes) is 30. The van der Waals surface area contributed by atoms with E-state index in [1.54, 1.807) is 0 Å². The summed E-state index contributed by atoms with van der Waals surface area (Å²) < 4.78 is 53.6. The summed E-state index contributed by atoms with van der Waals surface area (Å²) in [5.74, 6) is -3.94. The Labute approximate surface area is 537 Å². The fourth-order valence-corrected chi connectivity index (χ4v) is 11.8. The molecule has 1 aliphatic heterocycles. The average molecular weight is 1290 g/mol.